The summed E-state index contributed by atoms with van der Waals surface area (Å²) in [6.07, 6.45) is 2.30. The van der Waals surface area contributed by atoms with Gasteiger partial charge in [-0.2, -0.15) is 0 Å². The summed E-state index contributed by atoms with van der Waals surface area (Å²) in [5, 5.41) is 3.86. The second kappa shape index (κ2) is 4.40. The Morgan fingerprint density at radius 3 is 2.47 bits per heavy atom. The molecule has 1 aliphatic rings. The number of alkyl halides is 1. The molecule has 82 valence electrons. The zero-order valence-electron chi connectivity index (χ0n) is 9.26. The largest absolute Gasteiger partial charge is 0.385 e. The fourth-order valence-electron chi connectivity index (χ4n) is 2.02. The molecule has 3 heteroatoms. The second-order valence-corrected chi connectivity index (χ2v) is 5.07. The van der Waals surface area contributed by atoms with Gasteiger partial charge in [-0.25, -0.2) is 0 Å². The van der Waals surface area contributed by atoms with Crippen molar-refractivity contribution in [2.24, 2.45) is 5.92 Å². The van der Waals surface area contributed by atoms with E-state index in [-0.39, 0.29) is 0 Å². The standard InChI is InChI=1S/C12H17ClN2/c1-8-3-12(4-9(2)15-8)14-7-10-5-11(13)6-10/h3-4,10-11H,5-7H2,1-2H3,(H,14,15). The molecule has 1 heterocycles. The van der Waals surface area contributed by atoms with Crippen LogP contribution in [0.15, 0.2) is 12.1 Å². The van der Waals surface area contributed by atoms with Gasteiger partial charge in [-0.05, 0) is 44.7 Å². The molecular weight excluding hydrogens is 208 g/mol. The van der Waals surface area contributed by atoms with Crippen molar-refractivity contribution in [3.8, 4) is 0 Å². The maximum atomic E-state index is 5.94. The first kappa shape index (κ1) is 10.7. The molecule has 0 unspecified atom stereocenters. The van der Waals surface area contributed by atoms with Crippen LogP contribution in [-0.4, -0.2) is 16.9 Å². The molecule has 1 aliphatic carbocycles. The van der Waals surface area contributed by atoms with Crippen LogP contribution in [0.5, 0.6) is 0 Å². The topological polar surface area (TPSA) is 24.9 Å². The number of anilines is 1. The number of aromatic nitrogens is 1. The summed E-state index contributed by atoms with van der Waals surface area (Å²) in [5.41, 5.74) is 3.32. The zero-order valence-corrected chi connectivity index (χ0v) is 10.0. The second-order valence-electron chi connectivity index (χ2n) is 4.45. The minimum atomic E-state index is 0.415. The Kier molecular flexibility index (Phi) is 3.15. The first-order chi connectivity index (χ1) is 7.13. The van der Waals surface area contributed by atoms with Crippen molar-refractivity contribution in [1.29, 1.82) is 0 Å². The van der Waals surface area contributed by atoms with E-state index in [1.54, 1.807) is 0 Å². The summed E-state index contributed by atoms with van der Waals surface area (Å²) in [6, 6.07) is 4.17. The lowest BCUT2D eigenvalue weighted by atomic mass is 9.85. The van der Waals surface area contributed by atoms with Crippen molar-refractivity contribution in [3.05, 3.63) is 23.5 Å². The average molecular weight is 225 g/mol. The number of rotatable bonds is 3. The lowest BCUT2D eigenvalue weighted by molar-refractivity contribution is 0.341. The molecule has 0 atom stereocenters. The molecule has 1 saturated carbocycles. The molecule has 0 spiro atoms. The summed E-state index contributed by atoms with van der Waals surface area (Å²) < 4.78 is 0. The monoisotopic (exact) mass is 224 g/mol. The molecule has 1 fully saturated rings. The number of halogens is 1. The number of aryl methyl sites for hydroxylation is 2. The molecular formula is C12H17ClN2. The summed E-state index contributed by atoms with van der Waals surface area (Å²) in [4.78, 5) is 4.35. The molecule has 1 N–H and O–H groups in total. The zero-order chi connectivity index (χ0) is 10.8. The third-order valence-corrected chi connectivity index (χ3v) is 3.21. The molecule has 2 nitrogen and oxygen atoms in total. The minimum absolute atomic E-state index is 0.415. The van der Waals surface area contributed by atoms with Crippen molar-refractivity contribution < 1.29 is 0 Å². The van der Waals surface area contributed by atoms with Crippen LogP contribution in [-0.2, 0) is 0 Å². The van der Waals surface area contributed by atoms with Crippen molar-refractivity contribution in [2.75, 3.05) is 11.9 Å². The van der Waals surface area contributed by atoms with Crippen molar-refractivity contribution in [2.45, 2.75) is 32.1 Å². The first-order valence-electron chi connectivity index (χ1n) is 5.46. The lowest BCUT2D eigenvalue weighted by Crippen LogP contribution is -2.29. The van der Waals surface area contributed by atoms with Gasteiger partial charge in [0.1, 0.15) is 0 Å². The maximum Gasteiger partial charge on any atom is 0.0396 e. The van der Waals surface area contributed by atoms with Crippen LogP contribution in [0.4, 0.5) is 5.69 Å². The van der Waals surface area contributed by atoms with Crippen LogP contribution in [0.3, 0.4) is 0 Å². The van der Waals surface area contributed by atoms with Crippen LogP contribution in [0, 0.1) is 19.8 Å². The Bertz CT molecular complexity index is 325. The SMILES string of the molecule is Cc1cc(NCC2CC(Cl)C2)cc(C)n1. The van der Waals surface area contributed by atoms with E-state index in [4.69, 9.17) is 11.6 Å². The first-order valence-corrected chi connectivity index (χ1v) is 5.90. The van der Waals surface area contributed by atoms with E-state index in [1.807, 2.05) is 13.8 Å². The number of pyridine rings is 1. The molecule has 0 amide bonds. The summed E-state index contributed by atoms with van der Waals surface area (Å²) in [7, 11) is 0. The third-order valence-electron chi connectivity index (χ3n) is 2.85. The highest BCUT2D eigenvalue weighted by atomic mass is 35.5. The van der Waals surface area contributed by atoms with E-state index >= 15 is 0 Å². The minimum Gasteiger partial charge on any atom is -0.385 e. The van der Waals surface area contributed by atoms with Crippen LogP contribution in [0.25, 0.3) is 0 Å². The number of nitrogens with zero attached hydrogens (tertiary/aromatic N) is 1. The predicted molar refractivity (Wildman–Crippen MR) is 64.6 cm³/mol. The van der Waals surface area contributed by atoms with Gasteiger partial charge in [0.2, 0.25) is 0 Å². The average Bonchev–Trinajstić information content (AvgIpc) is 2.09. The predicted octanol–water partition coefficient (Wildman–Crippen LogP) is 3.13. The third kappa shape index (κ3) is 2.85. The smallest absolute Gasteiger partial charge is 0.0396 e. The number of hydrogen-bond acceptors (Lipinski definition) is 2. The van der Waals surface area contributed by atoms with Gasteiger partial charge in [0.25, 0.3) is 0 Å². The molecule has 0 radical (unpaired) electrons. The molecule has 0 aromatic carbocycles. The Balaban J connectivity index is 1.88. The summed E-state index contributed by atoms with van der Waals surface area (Å²) >= 11 is 5.94. The molecule has 0 aliphatic heterocycles. The van der Waals surface area contributed by atoms with Gasteiger partial charge in [-0.15, -0.1) is 11.6 Å². The van der Waals surface area contributed by atoms with Gasteiger partial charge < -0.3 is 5.32 Å². The van der Waals surface area contributed by atoms with Gasteiger partial charge in [-0.1, -0.05) is 0 Å². The highest BCUT2D eigenvalue weighted by molar-refractivity contribution is 6.21. The van der Waals surface area contributed by atoms with E-state index in [2.05, 4.69) is 22.4 Å². The van der Waals surface area contributed by atoms with E-state index < -0.39 is 0 Å². The van der Waals surface area contributed by atoms with Crippen molar-refractivity contribution in [3.63, 3.8) is 0 Å². The van der Waals surface area contributed by atoms with E-state index in [1.165, 1.54) is 5.69 Å². The van der Waals surface area contributed by atoms with Crippen LogP contribution in [0.2, 0.25) is 0 Å². The van der Waals surface area contributed by atoms with Gasteiger partial charge in [0.05, 0.1) is 0 Å². The number of nitrogens with one attached hydrogen (secondary N) is 1. The normalized spacial score (nSPS) is 24.7. The Morgan fingerprint density at radius 1 is 1.33 bits per heavy atom. The molecule has 1 aromatic heterocycles. The Morgan fingerprint density at radius 2 is 1.93 bits per heavy atom. The van der Waals surface area contributed by atoms with Gasteiger partial charge in [0, 0.05) is 29.0 Å². The van der Waals surface area contributed by atoms with E-state index in [0.29, 0.717) is 5.38 Å². The van der Waals surface area contributed by atoms with Crippen molar-refractivity contribution in [1.82, 2.24) is 4.98 Å². The maximum absolute atomic E-state index is 5.94. The van der Waals surface area contributed by atoms with Crippen molar-refractivity contribution >= 4 is 17.3 Å². The van der Waals surface area contributed by atoms with E-state index in [9.17, 15) is 0 Å². The fourth-order valence-corrected chi connectivity index (χ4v) is 2.52. The summed E-state index contributed by atoms with van der Waals surface area (Å²) in [6.45, 7) is 5.08. The Hall–Kier alpha value is -0.760. The van der Waals surface area contributed by atoms with Crippen LogP contribution in [0.1, 0.15) is 24.2 Å². The fraction of sp³-hybridized carbons (Fsp3) is 0.583. The molecule has 2 rings (SSSR count). The van der Waals surface area contributed by atoms with Crippen LogP contribution < -0.4 is 5.32 Å². The quantitative estimate of drug-likeness (QED) is 0.798. The van der Waals surface area contributed by atoms with Crippen LogP contribution >= 0.6 is 11.6 Å². The van der Waals surface area contributed by atoms with Gasteiger partial charge in [-0.3, -0.25) is 4.98 Å². The van der Waals surface area contributed by atoms with E-state index in [0.717, 1.165) is 36.7 Å². The molecule has 0 saturated heterocycles. The molecule has 0 bridgehead atoms. The van der Waals surface area contributed by atoms with Gasteiger partial charge in [0.15, 0.2) is 0 Å². The molecule has 1 aromatic rings. The summed E-state index contributed by atoms with van der Waals surface area (Å²) in [5.74, 6) is 0.751. The lowest BCUT2D eigenvalue weighted by Gasteiger charge is -2.31. The molecule has 15 heavy (non-hydrogen) atoms. The number of hydrogen-bond donors (Lipinski definition) is 1. The highest BCUT2D eigenvalue weighted by Gasteiger charge is 2.26. The Labute approximate surface area is 96.1 Å². The highest BCUT2D eigenvalue weighted by Crippen LogP contribution is 2.31. The van der Waals surface area contributed by atoms with Gasteiger partial charge >= 0.3 is 0 Å².